The normalized spacial score (nSPS) is 13.1. The van der Waals surface area contributed by atoms with Crippen molar-refractivity contribution in [2.24, 2.45) is 0 Å². The number of sulfonamides is 1. The number of aromatic amines is 1. The van der Waals surface area contributed by atoms with Crippen LogP contribution in [0, 0.1) is 6.92 Å². The number of ether oxygens (including phenoxy) is 3. The van der Waals surface area contributed by atoms with E-state index in [1.54, 1.807) is 13.8 Å². The number of esters is 3. The fourth-order valence-electron chi connectivity index (χ4n) is 3.08. The lowest BCUT2D eigenvalue weighted by Gasteiger charge is -2.20. The van der Waals surface area contributed by atoms with Crippen molar-refractivity contribution in [3.8, 4) is 0 Å². The Morgan fingerprint density at radius 2 is 1.63 bits per heavy atom. The van der Waals surface area contributed by atoms with E-state index in [2.05, 4.69) is 9.71 Å². The summed E-state index contributed by atoms with van der Waals surface area (Å²) in [7, 11) is -4.21. The maximum Gasteiger partial charge on any atom is 0.355 e. The maximum absolute atomic E-state index is 12.7. The van der Waals surface area contributed by atoms with E-state index in [4.69, 9.17) is 25.8 Å². The Hall–Kier alpha value is -2.93. The third-order valence-electron chi connectivity index (χ3n) is 4.79. The van der Waals surface area contributed by atoms with Crippen LogP contribution in [0.4, 0.5) is 0 Å². The summed E-state index contributed by atoms with van der Waals surface area (Å²) in [5, 5.41) is 10.4. The summed E-state index contributed by atoms with van der Waals surface area (Å²) in [6.45, 7) is 5.54. The van der Waals surface area contributed by atoms with Gasteiger partial charge in [-0.25, -0.2) is 18.0 Å². The SMILES string of the molecule is CCOC(=O)c1[nH]c(COC(=O)[C@@H](NS(=O)(=O)c2ccc(Cl)cc2)[C@H](C)O)c(C(=O)OCC)c1C. The number of aliphatic hydroxyl groups is 1. The Labute approximate surface area is 207 Å². The minimum Gasteiger partial charge on any atom is -0.462 e. The van der Waals surface area contributed by atoms with Crippen molar-refractivity contribution in [1.29, 1.82) is 0 Å². The number of nitrogens with one attached hydrogen (secondary N) is 2. The largest absolute Gasteiger partial charge is 0.462 e. The van der Waals surface area contributed by atoms with Crippen LogP contribution >= 0.6 is 11.6 Å². The molecule has 1 aromatic heterocycles. The van der Waals surface area contributed by atoms with Gasteiger partial charge in [-0.05, 0) is 57.5 Å². The summed E-state index contributed by atoms with van der Waals surface area (Å²) in [5.74, 6) is -2.58. The third kappa shape index (κ3) is 7.04. The van der Waals surface area contributed by atoms with E-state index in [1.807, 2.05) is 0 Å². The van der Waals surface area contributed by atoms with Gasteiger partial charge in [-0.2, -0.15) is 4.72 Å². The molecule has 35 heavy (non-hydrogen) atoms. The fourth-order valence-corrected chi connectivity index (χ4v) is 4.46. The van der Waals surface area contributed by atoms with Gasteiger partial charge in [0.2, 0.25) is 10.0 Å². The number of hydrogen-bond acceptors (Lipinski definition) is 9. The van der Waals surface area contributed by atoms with Gasteiger partial charge in [0.25, 0.3) is 0 Å². The summed E-state index contributed by atoms with van der Waals surface area (Å²) in [6.07, 6.45) is -1.46. The number of benzene rings is 1. The number of rotatable bonds is 11. The van der Waals surface area contributed by atoms with Crippen molar-refractivity contribution in [3.05, 3.63) is 51.8 Å². The summed E-state index contributed by atoms with van der Waals surface area (Å²) >= 11 is 5.78. The number of halogens is 1. The van der Waals surface area contributed by atoms with Crippen molar-refractivity contribution < 1.29 is 42.1 Å². The van der Waals surface area contributed by atoms with Crippen molar-refractivity contribution in [3.63, 3.8) is 0 Å². The first-order chi connectivity index (χ1) is 16.4. The Morgan fingerprint density at radius 1 is 1.06 bits per heavy atom. The second kappa shape index (κ2) is 12.2. The molecule has 2 aromatic rings. The molecule has 1 heterocycles. The van der Waals surface area contributed by atoms with Gasteiger partial charge in [0.15, 0.2) is 0 Å². The van der Waals surface area contributed by atoms with Crippen molar-refractivity contribution in [1.82, 2.24) is 9.71 Å². The molecule has 2 rings (SSSR count). The van der Waals surface area contributed by atoms with E-state index < -0.39 is 46.7 Å². The monoisotopic (exact) mass is 530 g/mol. The molecule has 13 heteroatoms. The second-order valence-corrected chi connectivity index (χ2v) is 9.47. The molecule has 0 spiro atoms. The Bertz CT molecular complexity index is 1170. The van der Waals surface area contributed by atoms with Crippen LogP contribution in [0.1, 0.15) is 52.9 Å². The van der Waals surface area contributed by atoms with Crippen LogP contribution < -0.4 is 4.72 Å². The first-order valence-corrected chi connectivity index (χ1v) is 12.5. The average molecular weight is 531 g/mol. The zero-order valence-corrected chi connectivity index (χ0v) is 21.2. The average Bonchev–Trinajstić information content (AvgIpc) is 3.12. The van der Waals surface area contributed by atoms with Crippen LogP contribution in [0.3, 0.4) is 0 Å². The zero-order chi connectivity index (χ0) is 26.3. The molecule has 0 radical (unpaired) electrons. The molecule has 0 aliphatic heterocycles. The molecule has 11 nitrogen and oxygen atoms in total. The molecule has 2 atom stereocenters. The van der Waals surface area contributed by atoms with Gasteiger partial charge in [-0.3, -0.25) is 4.79 Å². The molecule has 0 fully saturated rings. The minimum atomic E-state index is -4.21. The van der Waals surface area contributed by atoms with E-state index in [-0.39, 0.29) is 40.6 Å². The molecule has 0 aliphatic carbocycles. The molecular formula is C22H27ClN2O9S. The molecule has 1 aromatic carbocycles. The van der Waals surface area contributed by atoms with Crippen LogP contribution in [-0.4, -0.2) is 61.8 Å². The van der Waals surface area contributed by atoms with E-state index in [0.29, 0.717) is 5.02 Å². The predicted octanol–water partition coefficient (Wildman–Crippen LogP) is 2.10. The number of H-pyrrole nitrogens is 1. The fraction of sp³-hybridized carbons (Fsp3) is 0.409. The minimum absolute atomic E-state index is 0.0157. The molecule has 0 saturated carbocycles. The van der Waals surface area contributed by atoms with Gasteiger partial charge in [0.05, 0.1) is 35.5 Å². The lowest BCUT2D eigenvalue weighted by molar-refractivity contribution is -0.149. The van der Waals surface area contributed by atoms with Crippen LogP contribution in [-0.2, 0) is 35.6 Å². The quantitative estimate of drug-likeness (QED) is 0.292. The topological polar surface area (TPSA) is 161 Å². The van der Waals surface area contributed by atoms with Gasteiger partial charge >= 0.3 is 17.9 Å². The Morgan fingerprint density at radius 3 is 2.17 bits per heavy atom. The highest BCUT2D eigenvalue weighted by atomic mass is 35.5. The predicted molar refractivity (Wildman–Crippen MR) is 124 cm³/mol. The highest BCUT2D eigenvalue weighted by molar-refractivity contribution is 7.89. The lowest BCUT2D eigenvalue weighted by Crippen LogP contribution is -2.48. The second-order valence-electron chi connectivity index (χ2n) is 7.32. The lowest BCUT2D eigenvalue weighted by atomic mass is 10.1. The van der Waals surface area contributed by atoms with E-state index >= 15 is 0 Å². The first-order valence-electron chi connectivity index (χ1n) is 10.6. The van der Waals surface area contributed by atoms with Gasteiger partial charge in [-0.15, -0.1) is 0 Å². The van der Waals surface area contributed by atoms with Crippen LogP contribution in [0.25, 0.3) is 0 Å². The summed E-state index contributed by atoms with van der Waals surface area (Å²) in [6, 6.07) is 3.52. The van der Waals surface area contributed by atoms with Gasteiger partial charge < -0.3 is 24.3 Å². The highest BCUT2D eigenvalue weighted by Crippen LogP contribution is 2.22. The van der Waals surface area contributed by atoms with E-state index in [9.17, 15) is 27.9 Å². The maximum atomic E-state index is 12.7. The highest BCUT2D eigenvalue weighted by Gasteiger charge is 2.32. The van der Waals surface area contributed by atoms with Crippen LogP contribution in [0.5, 0.6) is 0 Å². The molecule has 0 amide bonds. The van der Waals surface area contributed by atoms with Crippen molar-refractivity contribution >= 4 is 39.5 Å². The number of aromatic nitrogens is 1. The molecule has 0 unspecified atom stereocenters. The number of aliphatic hydroxyl groups excluding tert-OH is 1. The molecule has 192 valence electrons. The standard InChI is InChI=1S/C22H27ClN2O9S/c1-5-32-20(27)17-12(3)18(21(28)33-6-2)24-16(17)11-34-22(29)19(13(4)26)25-35(30,31)15-9-7-14(23)8-10-15/h7-10,13,19,24-26H,5-6,11H2,1-4H3/t13-,19-/m0/s1. The molecule has 0 aliphatic rings. The number of hydrogen-bond donors (Lipinski definition) is 3. The molecule has 0 bridgehead atoms. The number of carbonyl (C=O) groups excluding carboxylic acids is 3. The zero-order valence-electron chi connectivity index (χ0n) is 19.6. The van der Waals surface area contributed by atoms with Crippen molar-refractivity contribution in [2.45, 2.75) is 51.3 Å². The van der Waals surface area contributed by atoms with E-state index in [1.165, 1.54) is 38.1 Å². The van der Waals surface area contributed by atoms with Crippen LogP contribution in [0.15, 0.2) is 29.2 Å². The smallest absolute Gasteiger partial charge is 0.355 e. The van der Waals surface area contributed by atoms with Gasteiger partial charge in [-0.1, -0.05) is 11.6 Å². The summed E-state index contributed by atoms with van der Waals surface area (Å²) in [4.78, 5) is 39.9. The molecule has 0 saturated heterocycles. The first kappa shape index (κ1) is 28.3. The van der Waals surface area contributed by atoms with Gasteiger partial charge in [0, 0.05) is 5.02 Å². The summed E-state index contributed by atoms with van der Waals surface area (Å²) < 4.78 is 42.6. The Balaban J connectivity index is 2.27. The molecule has 3 N–H and O–H groups in total. The van der Waals surface area contributed by atoms with E-state index in [0.717, 1.165) is 0 Å². The molecular weight excluding hydrogens is 504 g/mol. The Kier molecular flexibility index (Phi) is 9.83. The third-order valence-corrected chi connectivity index (χ3v) is 6.50. The number of carbonyl (C=O) groups is 3. The van der Waals surface area contributed by atoms with Crippen LogP contribution in [0.2, 0.25) is 5.02 Å². The van der Waals surface area contributed by atoms with Gasteiger partial charge in [0.1, 0.15) is 18.3 Å². The summed E-state index contributed by atoms with van der Waals surface area (Å²) in [5.41, 5.74) is 0.250. The van der Waals surface area contributed by atoms with Crippen molar-refractivity contribution in [2.75, 3.05) is 13.2 Å².